The first-order valence-corrected chi connectivity index (χ1v) is 13.0. The average Bonchev–Trinajstić information content (AvgIpc) is 3.30. The number of carbonyl (C=O) groups is 3. The summed E-state index contributed by atoms with van der Waals surface area (Å²) in [5, 5.41) is 17.7. The van der Waals surface area contributed by atoms with Gasteiger partial charge in [-0.1, -0.05) is 0 Å². The summed E-state index contributed by atoms with van der Waals surface area (Å²) < 4.78 is 0. The molecule has 1 saturated heterocycles. The van der Waals surface area contributed by atoms with E-state index in [9.17, 15) is 14.4 Å². The number of amides is 1. The lowest BCUT2D eigenvalue weighted by molar-refractivity contribution is -0.134. The van der Waals surface area contributed by atoms with Gasteiger partial charge in [-0.2, -0.15) is 0 Å². The molecule has 0 aliphatic carbocycles. The fraction of sp³-hybridized carbons (Fsp3) is 0.480. The molecule has 2 aromatic rings. The van der Waals surface area contributed by atoms with Gasteiger partial charge in [-0.05, 0) is 50.1 Å². The van der Waals surface area contributed by atoms with E-state index in [-0.39, 0.29) is 5.91 Å². The topological polar surface area (TPSA) is 127 Å². The molecule has 2 N–H and O–H groups in total. The Morgan fingerprint density at radius 2 is 1.75 bits per heavy atom. The number of aromatic nitrogens is 2. The predicted octanol–water partition coefficient (Wildman–Crippen LogP) is 2.63. The largest absolute Gasteiger partial charge is 0.478 e. The number of carbonyl (C=O) groups excluding carboxylic acids is 1. The fourth-order valence-corrected chi connectivity index (χ4v) is 5.27. The lowest BCUT2D eigenvalue weighted by Crippen LogP contribution is -2.50. The molecule has 0 bridgehead atoms. The Bertz CT molecular complexity index is 1020. The van der Waals surface area contributed by atoms with Gasteiger partial charge in [0.2, 0.25) is 5.95 Å². The molecule has 2 aliphatic rings. The van der Waals surface area contributed by atoms with E-state index in [1.807, 2.05) is 17.5 Å². The number of fused-ring (bicyclic) bond motifs is 1. The molecule has 0 aromatic carbocycles. The maximum absolute atomic E-state index is 12.8. The fourth-order valence-electron chi connectivity index (χ4n) is 4.36. The zero-order valence-electron chi connectivity index (χ0n) is 20.5. The first kappa shape index (κ1) is 27.3. The van der Waals surface area contributed by atoms with E-state index < -0.39 is 11.9 Å². The standard InChI is InChI=1S/C21H29N5OS.C4H4O4/c1-17(24-12-14-26(15-13-24)21-22-8-4-9-23-21)5-2-10-25-11-3-6-19-18(20(25)27)7-16-28-19;5-3(6)1-2-4(7)8/h4,7-9,16-17H,2-3,5-6,10-15H2,1H3;1-2H,(H,5,6)(H,7,8)/b;2-1+. The highest BCUT2D eigenvalue weighted by Gasteiger charge is 2.25. The molecule has 36 heavy (non-hydrogen) atoms. The number of thiophene rings is 1. The Morgan fingerprint density at radius 1 is 1.08 bits per heavy atom. The second-order valence-electron chi connectivity index (χ2n) is 8.73. The van der Waals surface area contributed by atoms with Crippen molar-refractivity contribution in [2.24, 2.45) is 0 Å². The molecular formula is C25H33N5O5S. The molecule has 2 aromatic heterocycles. The van der Waals surface area contributed by atoms with Crippen LogP contribution in [0.25, 0.3) is 0 Å². The molecule has 0 saturated carbocycles. The Kier molecular flexibility index (Phi) is 10.4. The van der Waals surface area contributed by atoms with E-state index in [1.165, 1.54) is 4.88 Å². The van der Waals surface area contributed by atoms with Gasteiger partial charge in [0, 0.05) is 74.7 Å². The van der Waals surface area contributed by atoms with Gasteiger partial charge in [0.05, 0.1) is 5.56 Å². The second kappa shape index (κ2) is 13.7. The molecule has 0 spiro atoms. The zero-order chi connectivity index (χ0) is 25.9. The lowest BCUT2D eigenvalue weighted by atomic mass is 10.1. The molecule has 194 valence electrons. The van der Waals surface area contributed by atoms with Crippen molar-refractivity contribution in [3.63, 3.8) is 0 Å². The van der Waals surface area contributed by atoms with Crippen LogP contribution in [0.3, 0.4) is 0 Å². The highest BCUT2D eigenvalue weighted by Crippen LogP contribution is 2.24. The molecule has 1 amide bonds. The van der Waals surface area contributed by atoms with Crippen LogP contribution in [-0.4, -0.2) is 93.1 Å². The average molecular weight is 516 g/mol. The van der Waals surface area contributed by atoms with E-state index in [1.54, 1.807) is 23.7 Å². The minimum atomic E-state index is -1.26. The number of aryl methyl sites for hydroxylation is 1. The van der Waals surface area contributed by atoms with Gasteiger partial charge in [0.15, 0.2) is 0 Å². The van der Waals surface area contributed by atoms with Crippen LogP contribution in [0.2, 0.25) is 0 Å². The summed E-state index contributed by atoms with van der Waals surface area (Å²) in [5.41, 5.74) is 0.940. The Balaban J connectivity index is 0.000000392. The van der Waals surface area contributed by atoms with E-state index >= 15 is 0 Å². The van der Waals surface area contributed by atoms with Gasteiger partial charge in [-0.15, -0.1) is 11.3 Å². The van der Waals surface area contributed by atoms with E-state index in [0.29, 0.717) is 18.2 Å². The van der Waals surface area contributed by atoms with Crippen molar-refractivity contribution < 1.29 is 24.6 Å². The van der Waals surface area contributed by atoms with Gasteiger partial charge in [0.1, 0.15) is 0 Å². The number of hydrogen-bond acceptors (Lipinski definition) is 8. The van der Waals surface area contributed by atoms with Crippen LogP contribution in [-0.2, 0) is 16.0 Å². The maximum atomic E-state index is 12.8. The molecule has 11 heteroatoms. The number of nitrogens with zero attached hydrogens (tertiary/aromatic N) is 5. The summed E-state index contributed by atoms with van der Waals surface area (Å²) in [4.78, 5) is 48.7. The van der Waals surface area contributed by atoms with Crippen molar-refractivity contribution >= 4 is 35.1 Å². The maximum Gasteiger partial charge on any atom is 0.328 e. The molecular weight excluding hydrogens is 482 g/mol. The van der Waals surface area contributed by atoms with Gasteiger partial charge < -0.3 is 20.0 Å². The highest BCUT2D eigenvalue weighted by molar-refractivity contribution is 7.10. The monoisotopic (exact) mass is 515 g/mol. The van der Waals surface area contributed by atoms with E-state index in [0.717, 1.165) is 76.5 Å². The van der Waals surface area contributed by atoms with Crippen molar-refractivity contribution in [1.82, 2.24) is 19.8 Å². The lowest BCUT2D eigenvalue weighted by Gasteiger charge is -2.38. The second-order valence-corrected chi connectivity index (χ2v) is 9.73. The van der Waals surface area contributed by atoms with Gasteiger partial charge in [-0.25, -0.2) is 19.6 Å². The van der Waals surface area contributed by atoms with E-state index in [4.69, 9.17) is 10.2 Å². The minimum absolute atomic E-state index is 0.234. The molecule has 2 aliphatic heterocycles. The van der Waals surface area contributed by atoms with Crippen LogP contribution in [0.5, 0.6) is 0 Å². The quantitative estimate of drug-likeness (QED) is 0.510. The summed E-state index contributed by atoms with van der Waals surface area (Å²) >= 11 is 1.72. The van der Waals surface area contributed by atoms with Crippen molar-refractivity contribution in [2.45, 2.75) is 38.6 Å². The number of carboxylic acids is 2. The summed E-state index contributed by atoms with van der Waals surface area (Å²) in [6.45, 7) is 8.11. The molecule has 0 radical (unpaired) electrons. The van der Waals surface area contributed by atoms with Crippen molar-refractivity contribution in [3.05, 3.63) is 52.5 Å². The first-order chi connectivity index (χ1) is 17.3. The third-order valence-corrected chi connectivity index (χ3v) is 7.27. The molecule has 1 fully saturated rings. The summed E-state index contributed by atoms with van der Waals surface area (Å²) in [7, 11) is 0. The third-order valence-electron chi connectivity index (χ3n) is 6.29. The van der Waals surface area contributed by atoms with Crippen molar-refractivity contribution in [1.29, 1.82) is 0 Å². The third kappa shape index (κ3) is 8.13. The Morgan fingerprint density at radius 3 is 2.39 bits per heavy atom. The minimum Gasteiger partial charge on any atom is -0.478 e. The van der Waals surface area contributed by atoms with E-state index in [2.05, 4.69) is 31.6 Å². The van der Waals surface area contributed by atoms with Gasteiger partial charge in [-0.3, -0.25) is 9.69 Å². The summed E-state index contributed by atoms with van der Waals surface area (Å²) in [6.07, 6.45) is 9.04. The number of piperazine rings is 1. The van der Waals surface area contributed by atoms with Crippen LogP contribution >= 0.6 is 11.3 Å². The number of anilines is 1. The Hall–Kier alpha value is -3.31. The van der Waals surface area contributed by atoms with Crippen LogP contribution in [0.4, 0.5) is 5.95 Å². The van der Waals surface area contributed by atoms with Crippen molar-refractivity contribution in [3.8, 4) is 0 Å². The Labute approximate surface area is 214 Å². The number of carboxylic acid groups (broad SMARTS) is 2. The SMILES string of the molecule is CC(CCCN1CCCc2sccc2C1=O)N1CCN(c2ncccn2)CC1.O=C(O)/C=C/C(=O)O. The highest BCUT2D eigenvalue weighted by atomic mass is 32.1. The van der Waals surface area contributed by atoms with Crippen LogP contribution in [0.1, 0.15) is 41.4 Å². The van der Waals surface area contributed by atoms with Gasteiger partial charge in [0.25, 0.3) is 5.91 Å². The van der Waals surface area contributed by atoms with Crippen LogP contribution < -0.4 is 4.90 Å². The molecule has 10 nitrogen and oxygen atoms in total. The predicted molar refractivity (Wildman–Crippen MR) is 137 cm³/mol. The smallest absolute Gasteiger partial charge is 0.328 e. The number of rotatable bonds is 8. The number of hydrogen-bond donors (Lipinski definition) is 2. The molecule has 4 heterocycles. The van der Waals surface area contributed by atoms with Crippen molar-refractivity contribution in [2.75, 3.05) is 44.2 Å². The zero-order valence-corrected chi connectivity index (χ0v) is 21.3. The molecule has 1 atom stereocenters. The first-order valence-electron chi connectivity index (χ1n) is 12.1. The molecule has 4 rings (SSSR count). The molecule has 1 unspecified atom stereocenters. The van der Waals surface area contributed by atoms with Gasteiger partial charge >= 0.3 is 11.9 Å². The van der Waals surface area contributed by atoms with Crippen LogP contribution in [0, 0.1) is 0 Å². The summed E-state index contributed by atoms with van der Waals surface area (Å²) in [6, 6.07) is 4.40. The summed E-state index contributed by atoms with van der Waals surface area (Å²) in [5.74, 6) is -1.44. The number of aliphatic carboxylic acids is 2. The normalized spacial score (nSPS) is 17.2. The van der Waals surface area contributed by atoms with Crippen LogP contribution in [0.15, 0.2) is 42.1 Å².